The van der Waals surface area contributed by atoms with Crippen molar-refractivity contribution in [1.82, 2.24) is 10.2 Å². The second kappa shape index (κ2) is 8.13. The van der Waals surface area contributed by atoms with E-state index < -0.39 is 0 Å². The van der Waals surface area contributed by atoms with Crippen LogP contribution in [-0.2, 0) is 28.8 Å². The lowest BCUT2D eigenvalue weighted by Crippen LogP contribution is -2.48. The number of amides is 1. The Morgan fingerprint density at radius 2 is 2.17 bits per heavy atom. The van der Waals surface area contributed by atoms with Crippen molar-refractivity contribution in [3.63, 3.8) is 0 Å². The molecule has 1 aromatic rings. The van der Waals surface area contributed by atoms with E-state index in [2.05, 4.69) is 42.3 Å². The summed E-state index contributed by atoms with van der Waals surface area (Å²) >= 11 is 0. The summed E-state index contributed by atoms with van der Waals surface area (Å²) in [4.78, 5) is 14.7. The molecule has 1 unspecified atom stereocenters. The highest BCUT2D eigenvalue weighted by atomic mass is 16.5. The van der Waals surface area contributed by atoms with Crippen LogP contribution in [-0.4, -0.2) is 49.7 Å². The predicted molar refractivity (Wildman–Crippen MR) is 96.2 cm³/mol. The van der Waals surface area contributed by atoms with Gasteiger partial charge in [-0.15, -0.1) is 0 Å². The molecular formula is C20H30N2O2. The van der Waals surface area contributed by atoms with Gasteiger partial charge >= 0.3 is 0 Å². The zero-order valence-electron chi connectivity index (χ0n) is 15.0. The standard InChI is InChI=1S/C20H30N2O2/c1-15(2)13-22-8-9-24-19(14-22)12-21-20(23)11-16-6-7-17-4-3-5-18(17)10-16/h6-7,10,15,19H,3-5,8-9,11-14H2,1-2H3,(H,21,23). The van der Waals surface area contributed by atoms with Crippen LogP contribution in [0.25, 0.3) is 0 Å². The van der Waals surface area contributed by atoms with Gasteiger partial charge in [0.1, 0.15) is 0 Å². The number of benzene rings is 1. The van der Waals surface area contributed by atoms with Crippen molar-refractivity contribution in [2.75, 3.05) is 32.8 Å². The molecule has 0 aromatic heterocycles. The highest BCUT2D eigenvalue weighted by Gasteiger charge is 2.21. The molecular weight excluding hydrogens is 300 g/mol. The zero-order chi connectivity index (χ0) is 16.9. The summed E-state index contributed by atoms with van der Waals surface area (Å²) in [5, 5.41) is 3.05. The smallest absolute Gasteiger partial charge is 0.224 e. The van der Waals surface area contributed by atoms with Crippen LogP contribution in [0.3, 0.4) is 0 Å². The van der Waals surface area contributed by atoms with Crippen LogP contribution < -0.4 is 5.32 Å². The van der Waals surface area contributed by atoms with E-state index in [1.165, 1.54) is 24.0 Å². The van der Waals surface area contributed by atoms with E-state index in [-0.39, 0.29) is 12.0 Å². The number of carbonyl (C=O) groups is 1. The fourth-order valence-corrected chi connectivity index (χ4v) is 3.80. The van der Waals surface area contributed by atoms with Crippen molar-refractivity contribution in [2.24, 2.45) is 5.92 Å². The number of ether oxygens (including phenoxy) is 1. The third-order valence-electron chi connectivity index (χ3n) is 4.90. The number of rotatable bonds is 6. The number of morpholine rings is 1. The number of nitrogens with zero attached hydrogens (tertiary/aromatic N) is 1. The van der Waals surface area contributed by atoms with Gasteiger partial charge in [-0.3, -0.25) is 9.69 Å². The van der Waals surface area contributed by atoms with E-state index in [9.17, 15) is 4.79 Å². The molecule has 1 saturated heterocycles. The van der Waals surface area contributed by atoms with Crippen LogP contribution in [0.15, 0.2) is 18.2 Å². The topological polar surface area (TPSA) is 41.6 Å². The quantitative estimate of drug-likeness (QED) is 0.869. The van der Waals surface area contributed by atoms with Gasteiger partial charge in [-0.05, 0) is 41.9 Å². The molecule has 1 aromatic carbocycles. The molecule has 4 nitrogen and oxygen atoms in total. The first-order valence-electron chi connectivity index (χ1n) is 9.31. The van der Waals surface area contributed by atoms with Crippen LogP contribution in [0.4, 0.5) is 0 Å². The number of hydrogen-bond acceptors (Lipinski definition) is 3. The lowest BCUT2D eigenvalue weighted by atomic mass is 10.0. The van der Waals surface area contributed by atoms with Crippen molar-refractivity contribution >= 4 is 5.91 Å². The number of carbonyl (C=O) groups excluding carboxylic acids is 1. The lowest BCUT2D eigenvalue weighted by molar-refractivity contribution is -0.121. The van der Waals surface area contributed by atoms with Crippen molar-refractivity contribution in [3.05, 3.63) is 34.9 Å². The minimum Gasteiger partial charge on any atom is -0.374 e. The molecule has 1 heterocycles. The summed E-state index contributed by atoms with van der Waals surface area (Å²) in [7, 11) is 0. The van der Waals surface area contributed by atoms with Gasteiger partial charge in [0.2, 0.25) is 5.91 Å². The van der Waals surface area contributed by atoms with E-state index in [0.29, 0.717) is 18.9 Å². The fraction of sp³-hybridized carbons (Fsp3) is 0.650. The summed E-state index contributed by atoms with van der Waals surface area (Å²) in [6.45, 7) is 8.86. The number of hydrogen-bond donors (Lipinski definition) is 1. The normalized spacial score (nSPS) is 21.0. The minimum absolute atomic E-state index is 0.0949. The van der Waals surface area contributed by atoms with Crippen molar-refractivity contribution in [2.45, 2.75) is 45.6 Å². The fourth-order valence-electron chi connectivity index (χ4n) is 3.80. The van der Waals surface area contributed by atoms with E-state index >= 15 is 0 Å². The van der Waals surface area contributed by atoms with E-state index in [1.54, 1.807) is 0 Å². The summed E-state index contributed by atoms with van der Waals surface area (Å²) < 4.78 is 5.79. The Morgan fingerprint density at radius 3 is 3.00 bits per heavy atom. The summed E-state index contributed by atoms with van der Waals surface area (Å²) in [6, 6.07) is 6.51. The van der Waals surface area contributed by atoms with Gasteiger partial charge in [-0.25, -0.2) is 0 Å². The Morgan fingerprint density at radius 1 is 1.33 bits per heavy atom. The maximum atomic E-state index is 12.2. The Balaban J connectivity index is 1.44. The van der Waals surface area contributed by atoms with Crippen molar-refractivity contribution < 1.29 is 9.53 Å². The molecule has 1 atom stereocenters. The predicted octanol–water partition coefficient (Wildman–Crippen LogP) is 2.19. The van der Waals surface area contributed by atoms with Crippen LogP contribution in [0.2, 0.25) is 0 Å². The maximum absolute atomic E-state index is 12.2. The molecule has 24 heavy (non-hydrogen) atoms. The van der Waals surface area contributed by atoms with Crippen molar-refractivity contribution in [3.8, 4) is 0 Å². The zero-order valence-corrected chi connectivity index (χ0v) is 15.0. The van der Waals surface area contributed by atoms with E-state index in [4.69, 9.17) is 4.74 Å². The molecule has 132 valence electrons. The Hall–Kier alpha value is -1.39. The Kier molecular flexibility index (Phi) is 5.90. The molecule has 0 spiro atoms. The maximum Gasteiger partial charge on any atom is 0.224 e. The second-order valence-electron chi connectivity index (χ2n) is 7.58. The molecule has 0 saturated carbocycles. The highest BCUT2D eigenvalue weighted by Crippen LogP contribution is 2.22. The van der Waals surface area contributed by atoms with Gasteiger partial charge in [0, 0.05) is 26.2 Å². The van der Waals surface area contributed by atoms with Crippen LogP contribution >= 0.6 is 0 Å². The lowest BCUT2D eigenvalue weighted by Gasteiger charge is -2.33. The molecule has 1 N–H and O–H groups in total. The monoisotopic (exact) mass is 330 g/mol. The molecule has 1 aliphatic heterocycles. The summed E-state index contributed by atoms with van der Waals surface area (Å²) in [5.74, 6) is 0.760. The average Bonchev–Trinajstić information content (AvgIpc) is 3.00. The highest BCUT2D eigenvalue weighted by molar-refractivity contribution is 5.78. The van der Waals surface area contributed by atoms with Crippen LogP contribution in [0, 0.1) is 5.92 Å². The molecule has 0 bridgehead atoms. The van der Waals surface area contributed by atoms with Crippen molar-refractivity contribution in [1.29, 1.82) is 0 Å². The third kappa shape index (κ3) is 4.81. The molecule has 4 heteroatoms. The third-order valence-corrected chi connectivity index (χ3v) is 4.90. The summed E-state index contributed by atoms with van der Waals surface area (Å²) in [5.41, 5.74) is 4.01. The molecule has 2 aliphatic rings. The van der Waals surface area contributed by atoms with Gasteiger partial charge in [-0.1, -0.05) is 32.0 Å². The minimum atomic E-state index is 0.0949. The van der Waals surface area contributed by atoms with Gasteiger partial charge in [-0.2, -0.15) is 0 Å². The Bertz CT molecular complexity index is 571. The number of fused-ring (bicyclic) bond motifs is 1. The molecule has 1 aliphatic carbocycles. The van der Waals surface area contributed by atoms with E-state index in [0.717, 1.165) is 38.2 Å². The molecule has 3 rings (SSSR count). The van der Waals surface area contributed by atoms with Gasteiger partial charge in [0.25, 0.3) is 0 Å². The first-order chi connectivity index (χ1) is 11.6. The first-order valence-corrected chi connectivity index (χ1v) is 9.31. The molecule has 1 fully saturated rings. The van der Waals surface area contributed by atoms with Crippen LogP contribution in [0.1, 0.15) is 37.0 Å². The summed E-state index contributed by atoms with van der Waals surface area (Å²) in [6.07, 6.45) is 4.17. The SMILES string of the molecule is CC(C)CN1CCOC(CNC(=O)Cc2ccc3c(c2)CCC3)C1. The van der Waals surface area contributed by atoms with Gasteiger partial charge < -0.3 is 10.1 Å². The first kappa shape index (κ1) is 17.4. The van der Waals surface area contributed by atoms with Gasteiger partial charge in [0.05, 0.1) is 19.1 Å². The van der Waals surface area contributed by atoms with Crippen LogP contribution in [0.5, 0.6) is 0 Å². The Labute approximate surface area is 145 Å². The van der Waals surface area contributed by atoms with Gasteiger partial charge in [0.15, 0.2) is 0 Å². The molecule has 1 amide bonds. The number of aryl methyl sites for hydroxylation is 2. The second-order valence-corrected chi connectivity index (χ2v) is 7.58. The largest absolute Gasteiger partial charge is 0.374 e. The van der Waals surface area contributed by atoms with E-state index in [1.807, 2.05) is 0 Å². The molecule has 0 radical (unpaired) electrons. The number of nitrogens with one attached hydrogen (secondary N) is 1. The average molecular weight is 330 g/mol.